The third kappa shape index (κ3) is 19.1. The van der Waals surface area contributed by atoms with Gasteiger partial charge in [0.2, 0.25) is 17.6 Å². The van der Waals surface area contributed by atoms with Crippen LogP contribution in [0.15, 0.2) is 41.6 Å². The number of Topliss-reactive ketones (excluding diaryl/α,β-unsaturated/α-hetero) is 3. The summed E-state index contributed by atoms with van der Waals surface area (Å²) in [6.07, 6.45) is 6.46. The quantitative estimate of drug-likeness (QED) is 0.0177. The normalized spacial score (nSPS) is 14.1. The van der Waals surface area contributed by atoms with Crippen LogP contribution in [0.1, 0.15) is 101 Å². The Morgan fingerprint density at radius 3 is 2.18 bits per heavy atom. The van der Waals surface area contributed by atoms with Crippen molar-refractivity contribution in [3.63, 3.8) is 0 Å². The number of aryl methyl sites for hydroxylation is 2. The van der Waals surface area contributed by atoms with Crippen molar-refractivity contribution in [1.29, 1.82) is 0 Å². The molecule has 4 N–H and O–H groups in total. The number of unbranched alkanes of at least 4 members (excludes halogenated alkanes) is 4. The number of benzene rings is 2. The average Bonchev–Trinajstić information content (AvgIpc) is 3.30. The number of rotatable bonds is 33. The van der Waals surface area contributed by atoms with Gasteiger partial charge in [-0.2, -0.15) is 0 Å². The van der Waals surface area contributed by atoms with Crippen molar-refractivity contribution in [1.82, 2.24) is 31.0 Å². The van der Waals surface area contributed by atoms with Gasteiger partial charge in [0.25, 0.3) is 5.69 Å². The Labute approximate surface area is 383 Å². The van der Waals surface area contributed by atoms with E-state index in [0.29, 0.717) is 134 Å². The van der Waals surface area contributed by atoms with Crippen LogP contribution in [0.3, 0.4) is 0 Å². The van der Waals surface area contributed by atoms with Gasteiger partial charge in [0, 0.05) is 56.9 Å². The first-order valence-corrected chi connectivity index (χ1v) is 22.5. The molecule has 0 spiro atoms. The van der Waals surface area contributed by atoms with E-state index >= 15 is 0 Å². The first-order valence-electron chi connectivity index (χ1n) is 22.5. The number of anilines is 1. The molecule has 21 nitrogen and oxygen atoms in total. The molecular weight excluding hydrogens is 859 g/mol. The van der Waals surface area contributed by atoms with Gasteiger partial charge in [0.1, 0.15) is 23.7 Å². The number of nitrogens with zero attached hydrogens (tertiary/aromatic N) is 6. The van der Waals surface area contributed by atoms with Gasteiger partial charge in [-0.1, -0.05) is 12.8 Å². The molecule has 2 aromatic carbocycles. The Balaban J connectivity index is 1.08. The van der Waals surface area contributed by atoms with Gasteiger partial charge in [-0.3, -0.25) is 34.1 Å². The van der Waals surface area contributed by atoms with Crippen molar-refractivity contribution in [2.45, 2.75) is 109 Å². The lowest BCUT2D eigenvalue weighted by Crippen LogP contribution is -2.41. The maximum Gasteiger partial charge on any atom is 0.294 e. The maximum absolute atomic E-state index is 13.3. The van der Waals surface area contributed by atoms with Gasteiger partial charge in [0.15, 0.2) is 23.2 Å². The molecule has 2 atom stereocenters. The minimum Gasteiger partial charge on any atom is -0.491 e. The number of hydrogen-bond donors (Lipinski definition) is 3. The monoisotopic (exact) mass is 919 g/mol. The number of nitroso groups, excluding NO2 is 1. The molecule has 1 fully saturated rings. The number of nitrogen functional groups attached to an aromatic ring is 1. The summed E-state index contributed by atoms with van der Waals surface area (Å²) in [6, 6.07) is 9.32. The third-order valence-electron chi connectivity index (χ3n) is 10.8. The van der Waals surface area contributed by atoms with E-state index in [1.54, 1.807) is 6.92 Å². The summed E-state index contributed by atoms with van der Waals surface area (Å²) in [6.45, 7) is 4.62. The van der Waals surface area contributed by atoms with Crippen LogP contribution in [0.4, 0.5) is 17.1 Å². The van der Waals surface area contributed by atoms with Crippen LogP contribution < -0.4 is 21.1 Å². The summed E-state index contributed by atoms with van der Waals surface area (Å²) in [5.74, 6) is 0.124. The number of nitrogens with two attached hydrogens (primary N) is 1. The zero-order chi connectivity index (χ0) is 47.5. The average molecular weight is 920 g/mol. The van der Waals surface area contributed by atoms with Crippen molar-refractivity contribution in [2.75, 3.05) is 58.5 Å². The van der Waals surface area contributed by atoms with Gasteiger partial charge < -0.3 is 35.3 Å². The molecule has 1 aliphatic carbocycles. The van der Waals surface area contributed by atoms with Crippen molar-refractivity contribution in [3.8, 4) is 17.1 Å². The van der Waals surface area contributed by atoms with E-state index in [-0.39, 0.29) is 78.5 Å². The summed E-state index contributed by atoms with van der Waals surface area (Å²) in [4.78, 5) is 83.8. The van der Waals surface area contributed by atoms with E-state index in [1.165, 1.54) is 12.1 Å². The lowest BCUT2D eigenvalue weighted by Gasteiger charge is -2.19. The predicted octanol–water partition coefficient (Wildman–Crippen LogP) is 5.20. The number of carbonyl (C=O) groups is 5. The van der Waals surface area contributed by atoms with Crippen molar-refractivity contribution in [2.24, 2.45) is 11.1 Å². The predicted molar refractivity (Wildman–Crippen MR) is 241 cm³/mol. The number of ketones is 3. The molecular formula is C45H61N9O12. The number of aromatic nitrogens is 4. The minimum absolute atomic E-state index is 0.0987. The van der Waals surface area contributed by atoms with Gasteiger partial charge in [0.05, 0.1) is 44.0 Å². The molecule has 66 heavy (non-hydrogen) atoms. The fraction of sp³-hybridized carbons (Fsp3) is 0.578. The Morgan fingerprint density at radius 1 is 0.818 bits per heavy atom. The molecule has 0 radical (unpaired) electrons. The molecule has 358 valence electrons. The smallest absolute Gasteiger partial charge is 0.294 e. The highest BCUT2D eigenvalue weighted by molar-refractivity contribution is 6.37. The molecule has 21 heteroatoms. The Kier molecular flexibility index (Phi) is 23.3. The molecule has 1 aliphatic rings. The lowest BCUT2D eigenvalue weighted by atomic mass is 9.85. The molecule has 1 aromatic heterocycles. The molecule has 0 bridgehead atoms. The summed E-state index contributed by atoms with van der Waals surface area (Å²) < 4.78 is 22.5. The molecule has 3 aromatic rings. The van der Waals surface area contributed by atoms with E-state index in [2.05, 4.69) is 36.2 Å². The maximum atomic E-state index is 13.3. The molecule has 2 amide bonds. The van der Waals surface area contributed by atoms with Crippen LogP contribution in [0.5, 0.6) is 5.75 Å². The topological polar surface area (TPSA) is 296 Å². The fourth-order valence-electron chi connectivity index (χ4n) is 7.19. The van der Waals surface area contributed by atoms with Crippen molar-refractivity contribution >= 4 is 46.2 Å². The molecule has 4 rings (SSSR count). The number of nitrogens with one attached hydrogen (secondary N) is 2. The van der Waals surface area contributed by atoms with Crippen LogP contribution in [-0.2, 0) is 44.6 Å². The Bertz CT molecular complexity index is 2050. The number of hydrogen-bond acceptors (Lipinski definition) is 18. The zero-order valence-corrected chi connectivity index (χ0v) is 37.5. The zero-order valence-electron chi connectivity index (χ0n) is 37.5. The van der Waals surface area contributed by atoms with Crippen molar-refractivity contribution < 1.29 is 47.8 Å². The van der Waals surface area contributed by atoms with Crippen LogP contribution >= 0.6 is 0 Å². The van der Waals surface area contributed by atoms with Crippen LogP contribution in [0.2, 0.25) is 0 Å². The lowest BCUT2D eigenvalue weighted by molar-refractivity contribution is -0.383. The van der Waals surface area contributed by atoms with Gasteiger partial charge >= 0.3 is 0 Å². The number of nitro groups is 1. The van der Waals surface area contributed by atoms with E-state index in [0.717, 1.165) is 12.0 Å². The van der Waals surface area contributed by atoms with E-state index in [1.807, 2.05) is 24.3 Å². The summed E-state index contributed by atoms with van der Waals surface area (Å²) in [5.41, 5.74) is 6.33. The standard InChI is InChI=1S/C45H61N9O12/c1-31-49-51-45(52-50-31)34-14-17-35(18-15-34)66-28-27-65-26-25-64-24-23-63-22-8-11-38(55)36(10-6-7-21-47-42(59)30-32-13-20-39(56)40(57)29-32)48-41(58)12-5-3-2-4-9-33-16-19-37(54(61)62)43(46)44(33)53-60/h14-19,32,36H,2-13,20-30,46H2,1H3,(H,47,59)(H,48,58). The van der Waals surface area contributed by atoms with E-state index < -0.39 is 16.7 Å². The van der Waals surface area contributed by atoms with Crippen molar-refractivity contribution in [3.05, 3.63) is 62.8 Å². The second-order valence-electron chi connectivity index (χ2n) is 15.9. The molecule has 1 heterocycles. The van der Waals surface area contributed by atoms with Crippen LogP contribution in [-0.4, -0.2) is 113 Å². The first-order chi connectivity index (χ1) is 31.9. The summed E-state index contributed by atoms with van der Waals surface area (Å²) >= 11 is 0. The number of ether oxygens (including phenoxy) is 4. The Hall–Kier alpha value is -6.19. The minimum atomic E-state index is -0.704. The largest absolute Gasteiger partial charge is 0.491 e. The highest BCUT2D eigenvalue weighted by atomic mass is 16.6. The summed E-state index contributed by atoms with van der Waals surface area (Å²) in [7, 11) is 0. The molecule has 2 unspecified atom stereocenters. The van der Waals surface area contributed by atoms with Crippen LogP contribution in [0.25, 0.3) is 11.4 Å². The first kappa shape index (κ1) is 52.4. The Morgan fingerprint density at radius 2 is 1.50 bits per heavy atom. The van der Waals surface area contributed by atoms with E-state index in [4.69, 9.17) is 24.7 Å². The third-order valence-corrected chi connectivity index (χ3v) is 10.8. The highest BCUT2D eigenvalue weighted by Gasteiger charge is 2.28. The number of carbonyl (C=O) groups excluding carboxylic acids is 5. The van der Waals surface area contributed by atoms with Gasteiger partial charge in [-0.05, 0) is 105 Å². The molecule has 1 saturated carbocycles. The molecule has 0 aliphatic heterocycles. The van der Waals surface area contributed by atoms with Gasteiger partial charge in [-0.15, -0.1) is 25.3 Å². The van der Waals surface area contributed by atoms with Crippen LogP contribution in [0, 0.1) is 27.9 Å². The second-order valence-corrected chi connectivity index (χ2v) is 15.9. The SMILES string of the molecule is Cc1nnc(-c2ccc(OCCOCCOCCOCCCC(=O)C(CCCCNC(=O)CC3CCC(=O)C(=O)C3)NC(=O)CCCCCCc3ccc([N+](=O)[O-])c(N)c3N=O)cc2)nn1. The highest BCUT2D eigenvalue weighted by Crippen LogP contribution is 2.35. The number of nitro benzene ring substituents is 1. The molecule has 0 saturated heterocycles. The number of amides is 2. The van der Waals surface area contributed by atoms with Gasteiger partial charge in [-0.25, -0.2) is 0 Å². The van der Waals surface area contributed by atoms with E-state index in [9.17, 15) is 39.0 Å². The fourth-order valence-corrected chi connectivity index (χ4v) is 7.19. The second kappa shape index (κ2) is 29.4. The summed E-state index contributed by atoms with van der Waals surface area (Å²) in [5, 5.41) is 35.7.